The molecule has 0 saturated heterocycles. The van der Waals surface area contributed by atoms with Crippen molar-refractivity contribution in [3.05, 3.63) is 42.0 Å². The van der Waals surface area contributed by atoms with Gasteiger partial charge in [0.25, 0.3) is 5.91 Å². The summed E-state index contributed by atoms with van der Waals surface area (Å²) in [6.45, 7) is 1.05. The van der Waals surface area contributed by atoms with Gasteiger partial charge in [-0.3, -0.25) is 14.5 Å². The van der Waals surface area contributed by atoms with Gasteiger partial charge in [0.1, 0.15) is 11.9 Å². The number of carbonyl (C=O) groups is 2. The minimum Gasteiger partial charge on any atom is -0.480 e. The monoisotopic (exact) mass is 380 g/mol. The number of nitrogens with one attached hydrogen (secondary N) is 1. The third-order valence-electron chi connectivity index (χ3n) is 3.97. The zero-order chi connectivity index (χ0) is 19.8. The molecular weight excluding hydrogens is 365 g/mol. The number of fused-ring (bicyclic) bond motifs is 1. The number of benzene rings is 1. The number of nitrogens with two attached hydrogens (primary N) is 1. The Morgan fingerprint density at radius 3 is 2.70 bits per heavy atom. The quantitative estimate of drug-likeness (QED) is 0.852. The predicted molar refractivity (Wildman–Crippen MR) is 91.2 cm³/mol. The van der Waals surface area contributed by atoms with Crippen molar-refractivity contribution < 1.29 is 27.5 Å². The number of carbonyl (C=O) groups excluding carboxylic acids is 2. The second-order valence-corrected chi connectivity index (χ2v) is 5.82. The number of aromatic nitrogens is 1. The van der Waals surface area contributed by atoms with Crippen molar-refractivity contribution in [3.8, 4) is 5.75 Å². The smallest absolute Gasteiger partial charge is 0.418 e. The van der Waals surface area contributed by atoms with Crippen LogP contribution in [0.3, 0.4) is 0 Å². The number of rotatable bonds is 3. The molecule has 1 unspecified atom stereocenters. The van der Waals surface area contributed by atoms with Crippen molar-refractivity contribution in [2.45, 2.75) is 19.1 Å². The van der Waals surface area contributed by atoms with Crippen LogP contribution in [-0.4, -0.2) is 29.4 Å². The van der Waals surface area contributed by atoms with Gasteiger partial charge in [-0.1, -0.05) is 12.1 Å². The van der Waals surface area contributed by atoms with Crippen molar-refractivity contribution in [2.24, 2.45) is 0 Å². The van der Waals surface area contributed by atoms with Crippen LogP contribution in [0.1, 0.15) is 12.5 Å². The molecule has 1 atom stereocenters. The van der Waals surface area contributed by atoms with Crippen LogP contribution in [0.2, 0.25) is 0 Å². The van der Waals surface area contributed by atoms with Crippen molar-refractivity contribution in [1.82, 2.24) is 4.98 Å². The first-order valence-corrected chi connectivity index (χ1v) is 7.87. The van der Waals surface area contributed by atoms with E-state index >= 15 is 0 Å². The molecule has 0 spiro atoms. The van der Waals surface area contributed by atoms with Gasteiger partial charge >= 0.3 is 6.18 Å². The lowest BCUT2D eigenvalue weighted by Crippen LogP contribution is -2.50. The van der Waals surface area contributed by atoms with Crippen LogP contribution < -0.4 is 20.7 Å². The van der Waals surface area contributed by atoms with Gasteiger partial charge in [0.2, 0.25) is 5.91 Å². The van der Waals surface area contributed by atoms with Crippen molar-refractivity contribution >= 4 is 29.1 Å². The van der Waals surface area contributed by atoms with Crippen molar-refractivity contribution in [2.75, 3.05) is 22.6 Å². The largest absolute Gasteiger partial charge is 0.480 e. The lowest BCUT2D eigenvalue weighted by Gasteiger charge is -2.32. The molecule has 0 saturated carbocycles. The molecule has 1 aromatic carbocycles. The number of anilines is 3. The standard InChI is InChI=1S/C17H15F3N4O3/c1-9(16(26)22-11-5-3-2-4-10(11)17(18,19)20)24-14(25)8-27-12-6-7-13(21)23-15(12)24/h2-7,9H,8H2,1H3,(H2,21,23)(H,22,26). The van der Waals surface area contributed by atoms with Gasteiger partial charge in [-0.2, -0.15) is 13.2 Å². The van der Waals surface area contributed by atoms with Crippen LogP contribution in [0.15, 0.2) is 36.4 Å². The first kappa shape index (κ1) is 18.5. The van der Waals surface area contributed by atoms with Gasteiger partial charge in [-0.25, -0.2) is 4.98 Å². The zero-order valence-corrected chi connectivity index (χ0v) is 14.1. The first-order valence-electron chi connectivity index (χ1n) is 7.87. The summed E-state index contributed by atoms with van der Waals surface area (Å²) in [5.41, 5.74) is 4.24. The molecule has 1 aliphatic heterocycles. The van der Waals surface area contributed by atoms with Crippen LogP contribution in [0, 0.1) is 0 Å². The first-order chi connectivity index (χ1) is 12.7. The Labute approximate surface area is 151 Å². The minimum atomic E-state index is -4.63. The SMILES string of the molecule is CC(C(=O)Nc1ccccc1C(F)(F)F)N1C(=O)COc2ccc(N)nc21. The van der Waals surface area contributed by atoms with E-state index in [-0.39, 0.29) is 24.0 Å². The topological polar surface area (TPSA) is 97.5 Å². The second-order valence-electron chi connectivity index (χ2n) is 5.82. The number of para-hydroxylation sites is 1. The number of amides is 2. The zero-order valence-electron chi connectivity index (χ0n) is 14.1. The highest BCUT2D eigenvalue weighted by molar-refractivity contribution is 6.06. The van der Waals surface area contributed by atoms with Gasteiger partial charge in [-0.15, -0.1) is 0 Å². The fourth-order valence-corrected chi connectivity index (χ4v) is 2.66. The van der Waals surface area contributed by atoms with E-state index in [2.05, 4.69) is 10.3 Å². The fraction of sp³-hybridized carbons (Fsp3) is 0.235. The Morgan fingerprint density at radius 2 is 2.00 bits per heavy atom. The molecular formula is C17H15F3N4O3. The molecule has 0 bridgehead atoms. The average Bonchev–Trinajstić information content (AvgIpc) is 2.60. The fourth-order valence-electron chi connectivity index (χ4n) is 2.66. The van der Waals surface area contributed by atoms with E-state index in [9.17, 15) is 22.8 Å². The molecule has 27 heavy (non-hydrogen) atoms. The molecule has 0 aliphatic carbocycles. The third kappa shape index (κ3) is 3.64. The molecule has 0 fully saturated rings. The Hall–Kier alpha value is -3.30. The van der Waals surface area contributed by atoms with E-state index in [0.717, 1.165) is 17.0 Å². The Bertz CT molecular complexity index is 901. The van der Waals surface area contributed by atoms with E-state index in [4.69, 9.17) is 10.5 Å². The number of halogens is 3. The Kier molecular flexibility index (Phi) is 4.64. The van der Waals surface area contributed by atoms with Crippen LogP contribution in [0.4, 0.5) is 30.5 Å². The van der Waals surface area contributed by atoms with Crippen molar-refractivity contribution in [1.29, 1.82) is 0 Å². The van der Waals surface area contributed by atoms with Crippen LogP contribution in [0.25, 0.3) is 0 Å². The van der Waals surface area contributed by atoms with Gasteiger partial charge in [0.05, 0.1) is 11.3 Å². The average molecular weight is 380 g/mol. The maximum Gasteiger partial charge on any atom is 0.418 e. The third-order valence-corrected chi connectivity index (χ3v) is 3.97. The molecule has 10 heteroatoms. The molecule has 1 aliphatic rings. The molecule has 7 nitrogen and oxygen atoms in total. The highest BCUT2D eigenvalue weighted by atomic mass is 19.4. The second kappa shape index (κ2) is 6.78. The van der Waals surface area contributed by atoms with Gasteiger partial charge < -0.3 is 15.8 Å². The summed E-state index contributed by atoms with van der Waals surface area (Å²) < 4.78 is 44.5. The summed E-state index contributed by atoms with van der Waals surface area (Å²) in [6.07, 6.45) is -4.63. The highest BCUT2D eigenvalue weighted by Gasteiger charge is 2.37. The Morgan fingerprint density at radius 1 is 1.30 bits per heavy atom. The number of hydrogen-bond acceptors (Lipinski definition) is 5. The highest BCUT2D eigenvalue weighted by Crippen LogP contribution is 2.35. The van der Waals surface area contributed by atoms with Crippen LogP contribution >= 0.6 is 0 Å². The summed E-state index contributed by atoms with van der Waals surface area (Å²) in [5.74, 6) is -0.978. The molecule has 3 rings (SSSR count). The maximum atomic E-state index is 13.1. The number of alkyl halides is 3. The minimum absolute atomic E-state index is 0.0398. The van der Waals surface area contributed by atoms with E-state index in [0.29, 0.717) is 0 Å². The molecule has 2 aromatic rings. The molecule has 2 amide bonds. The lowest BCUT2D eigenvalue weighted by molar-refractivity contribution is -0.137. The normalized spacial score (nSPS) is 15.0. The van der Waals surface area contributed by atoms with E-state index in [1.54, 1.807) is 0 Å². The number of nitrogen functional groups attached to an aromatic ring is 1. The summed E-state index contributed by atoms with van der Waals surface area (Å²) >= 11 is 0. The van der Waals surface area contributed by atoms with Crippen LogP contribution in [0.5, 0.6) is 5.75 Å². The number of pyridine rings is 1. The molecule has 3 N–H and O–H groups in total. The van der Waals surface area contributed by atoms with E-state index in [1.807, 2.05) is 0 Å². The molecule has 0 radical (unpaired) electrons. The Balaban J connectivity index is 1.89. The maximum absolute atomic E-state index is 13.1. The molecule has 1 aromatic heterocycles. The summed E-state index contributed by atoms with van der Waals surface area (Å²) in [5, 5.41) is 2.23. The van der Waals surface area contributed by atoms with Gasteiger partial charge in [-0.05, 0) is 31.2 Å². The van der Waals surface area contributed by atoms with Gasteiger partial charge in [0, 0.05) is 0 Å². The summed E-state index contributed by atoms with van der Waals surface area (Å²) in [7, 11) is 0. The van der Waals surface area contributed by atoms with E-state index < -0.39 is 35.3 Å². The van der Waals surface area contributed by atoms with Crippen LogP contribution in [-0.2, 0) is 15.8 Å². The van der Waals surface area contributed by atoms with Crippen molar-refractivity contribution in [3.63, 3.8) is 0 Å². The number of nitrogens with zero attached hydrogens (tertiary/aromatic N) is 2. The summed E-state index contributed by atoms with van der Waals surface area (Å²) in [4.78, 5) is 29.9. The summed E-state index contributed by atoms with van der Waals surface area (Å²) in [6, 6.07) is 6.41. The number of hydrogen-bond donors (Lipinski definition) is 2. The van der Waals surface area contributed by atoms with E-state index in [1.165, 1.54) is 31.2 Å². The van der Waals surface area contributed by atoms with Gasteiger partial charge in [0.15, 0.2) is 18.2 Å². The predicted octanol–water partition coefficient (Wildman–Crippen LogP) is 2.44. The lowest BCUT2D eigenvalue weighted by atomic mass is 10.1. The number of ether oxygens (including phenoxy) is 1. The molecule has 142 valence electrons. The molecule has 2 heterocycles.